The molecule has 1 aromatic rings. The van der Waals surface area contributed by atoms with E-state index >= 15 is 0 Å². The van der Waals surface area contributed by atoms with E-state index in [1.807, 2.05) is 6.07 Å². The maximum atomic E-state index is 9.26. The lowest BCUT2D eigenvalue weighted by atomic mass is 10.1. The van der Waals surface area contributed by atoms with E-state index in [4.69, 9.17) is 23.2 Å². The summed E-state index contributed by atoms with van der Waals surface area (Å²) in [6.07, 6.45) is 2.43. The third-order valence-electron chi connectivity index (χ3n) is 3.69. The van der Waals surface area contributed by atoms with Crippen LogP contribution in [-0.4, -0.2) is 42.3 Å². The quantitative estimate of drug-likeness (QED) is 0.844. The molecule has 1 aliphatic heterocycles. The van der Waals surface area contributed by atoms with E-state index in [9.17, 15) is 5.11 Å². The second-order valence-corrected chi connectivity index (χ2v) is 7.25. The molecule has 0 bridgehead atoms. The fraction of sp³-hybridized carbons (Fsp3) is 0.692. The van der Waals surface area contributed by atoms with Crippen molar-refractivity contribution in [2.24, 2.45) is 0 Å². The predicted molar refractivity (Wildman–Crippen MR) is 82.4 cm³/mol. The van der Waals surface area contributed by atoms with Crippen molar-refractivity contribution >= 4 is 34.5 Å². The van der Waals surface area contributed by atoms with Gasteiger partial charge in [0.05, 0.1) is 15.3 Å². The first-order valence-corrected chi connectivity index (χ1v) is 8.22. The van der Waals surface area contributed by atoms with Crippen molar-refractivity contribution in [2.45, 2.75) is 31.8 Å². The summed E-state index contributed by atoms with van der Waals surface area (Å²) >= 11 is 13.6. The molecule has 0 aromatic carbocycles. The van der Waals surface area contributed by atoms with E-state index < -0.39 is 0 Å². The Morgan fingerprint density at radius 3 is 2.89 bits per heavy atom. The number of rotatable bonds is 6. The lowest BCUT2D eigenvalue weighted by Crippen LogP contribution is -2.40. The van der Waals surface area contributed by atoms with Gasteiger partial charge in [0.15, 0.2) is 0 Å². The molecule has 0 aliphatic carbocycles. The number of nitrogens with zero attached hydrogens (tertiary/aromatic N) is 1. The van der Waals surface area contributed by atoms with Gasteiger partial charge < -0.3 is 10.4 Å². The standard InChI is InChI=1S/C13H20Cl2N2OS/c1-9(11-7-12(14)19-13(11)15)17(5-6-18)8-10-3-2-4-16-10/h7,9-10,16,18H,2-6,8H2,1H3. The molecule has 0 radical (unpaired) electrons. The van der Waals surface area contributed by atoms with Gasteiger partial charge in [0.1, 0.15) is 0 Å². The number of halogens is 2. The molecular weight excluding hydrogens is 303 g/mol. The molecule has 108 valence electrons. The molecule has 0 spiro atoms. The van der Waals surface area contributed by atoms with Crippen molar-refractivity contribution in [3.05, 3.63) is 20.3 Å². The summed E-state index contributed by atoms with van der Waals surface area (Å²) in [5.41, 5.74) is 1.06. The SMILES string of the molecule is CC(c1cc(Cl)sc1Cl)N(CCO)CC1CCCN1. The summed E-state index contributed by atoms with van der Waals surface area (Å²) in [4.78, 5) is 2.27. The lowest BCUT2D eigenvalue weighted by Gasteiger charge is -2.30. The van der Waals surface area contributed by atoms with Crippen molar-refractivity contribution in [1.82, 2.24) is 10.2 Å². The number of hydrogen-bond donors (Lipinski definition) is 2. The Bertz CT molecular complexity index is 407. The highest BCUT2D eigenvalue weighted by atomic mass is 35.5. The fourth-order valence-electron chi connectivity index (χ4n) is 2.60. The molecule has 0 amide bonds. The second-order valence-electron chi connectivity index (χ2n) is 4.97. The summed E-state index contributed by atoms with van der Waals surface area (Å²) < 4.78 is 1.47. The zero-order valence-corrected chi connectivity index (χ0v) is 13.4. The Balaban J connectivity index is 2.06. The minimum absolute atomic E-state index is 0.159. The van der Waals surface area contributed by atoms with Gasteiger partial charge in [-0.2, -0.15) is 0 Å². The van der Waals surface area contributed by atoms with Gasteiger partial charge in [0.25, 0.3) is 0 Å². The highest BCUT2D eigenvalue weighted by Crippen LogP contribution is 2.37. The summed E-state index contributed by atoms with van der Waals surface area (Å²) in [5, 5.41) is 12.8. The maximum absolute atomic E-state index is 9.26. The van der Waals surface area contributed by atoms with Gasteiger partial charge in [-0.1, -0.05) is 23.2 Å². The van der Waals surface area contributed by atoms with E-state index in [-0.39, 0.29) is 12.6 Å². The molecule has 0 saturated carbocycles. The Morgan fingerprint density at radius 1 is 1.58 bits per heavy atom. The third-order valence-corrected chi connectivity index (χ3v) is 5.20. The van der Waals surface area contributed by atoms with Gasteiger partial charge in [-0.3, -0.25) is 4.90 Å². The predicted octanol–water partition coefficient (Wildman–Crippen LogP) is 3.16. The van der Waals surface area contributed by atoms with Crippen LogP contribution in [0, 0.1) is 0 Å². The van der Waals surface area contributed by atoms with Crippen LogP contribution in [0.3, 0.4) is 0 Å². The highest BCUT2D eigenvalue weighted by Gasteiger charge is 2.24. The highest BCUT2D eigenvalue weighted by molar-refractivity contribution is 7.20. The van der Waals surface area contributed by atoms with E-state index in [1.54, 1.807) is 0 Å². The molecule has 1 fully saturated rings. The minimum atomic E-state index is 0.159. The molecule has 2 heterocycles. The Hall–Kier alpha value is 0.160. The normalized spacial score (nSPS) is 21.2. The first kappa shape index (κ1) is 15.5. The number of nitrogens with one attached hydrogen (secondary N) is 1. The van der Waals surface area contributed by atoms with Crippen LogP contribution < -0.4 is 5.32 Å². The average molecular weight is 323 g/mol. The molecule has 1 aromatic heterocycles. The molecule has 2 N–H and O–H groups in total. The van der Waals surface area contributed by atoms with Crippen LogP contribution in [0.4, 0.5) is 0 Å². The van der Waals surface area contributed by atoms with Crippen molar-refractivity contribution in [3.8, 4) is 0 Å². The van der Waals surface area contributed by atoms with Crippen LogP contribution in [0.2, 0.25) is 8.67 Å². The Labute approximate surface area is 128 Å². The molecule has 2 atom stereocenters. The molecule has 1 saturated heterocycles. The van der Waals surface area contributed by atoms with Gasteiger partial charge in [0.2, 0.25) is 0 Å². The van der Waals surface area contributed by atoms with E-state index in [0.717, 1.165) is 27.3 Å². The molecule has 2 unspecified atom stereocenters. The van der Waals surface area contributed by atoms with Gasteiger partial charge in [-0.15, -0.1) is 11.3 Å². The molecule has 2 rings (SSSR count). The van der Waals surface area contributed by atoms with Crippen molar-refractivity contribution < 1.29 is 5.11 Å². The van der Waals surface area contributed by atoms with E-state index in [0.29, 0.717) is 12.6 Å². The summed E-state index contributed by atoms with van der Waals surface area (Å²) in [6.45, 7) is 4.97. The number of aliphatic hydroxyl groups excluding tert-OH is 1. The van der Waals surface area contributed by atoms with Gasteiger partial charge in [0, 0.05) is 30.7 Å². The largest absolute Gasteiger partial charge is 0.395 e. The number of aliphatic hydroxyl groups is 1. The van der Waals surface area contributed by atoms with Crippen LogP contribution in [0.25, 0.3) is 0 Å². The third kappa shape index (κ3) is 4.06. The van der Waals surface area contributed by atoms with Crippen LogP contribution >= 0.6 is 34.5 Å². The molecular formula is C13H20Cl2N2OS. The average Bonchev–Trinajstić information content (AvgIpc) is 2.97. The van der Waals surface area contributed by atoms with Crippen LogP contribution in [0.1, 0.15) is 31.4 Å². The molecule has 19 heavy (non-hydrogen) atoms. The minimum Gasteiger partial charge on any atom is -0.395 e. The van der Waals surface area contributed by atoms with Gasteiger partial charge in [-0.25, -0.2) is 0 Å². The summed E-state index contributed by atoms with van der Waals surface area (Å²) in [5.74, 6) is 0. The van der Waals surface area contributed by atoms with E-state index in [2.05, 4.69) is 17.1 Å². The second kappa shape index (κ2) is 7.25. The number of thiophene rings is 1. The zero-order chi connectivity index (χ0) is 13.8. The first-order chi connectivity index (χ1) is 9.11. The first-order valence-electron chi connectivity index (χ1n) is 6.65. The maximum Gasteiger partial charge on any atom is 0.0991 e. The zero-order valence-electron chi connectivity index (χ0n) is 11.0. The van der Waals surface area contributed by atoms with Crippen LogP contribution in [-0.2, 0) is 0 Å². The van der Waals surface area contributed by atoms with Crippen molar-refractivity contribution in [2.75, 3.05) is 26.2 Å². The Kier molecular flexibility index (Phi) is 5.93. The van der Waals surface area contributed by atoms with E-state index in [1.165, 1.54) is 24.2 Å². The smallest absolute Gasteiger partial charge is 0.0991 e. The molecule has 6 heteroatoms. The monoisotopic (exact) mass is 322 g/mol. The van der Waals surface area contributed by atoms with Gasteiger partial charge >= 0.3 is 0 Å². The molecule has 1 aliphatic rings. The van der Waals surface area contributed by atoms with Crippen molar-refractivity contribution in [3.63, 3.8) is 0 Å². The molecule has 3 nitrogen and oxygen atoms in total. The fourth-order valence-corrected chi connectivity index (χ4v) is 4.24. The summed E-state index contributed by atoms with van der Waals surface area (Å²) in [7, 11) is 0. The van der Waals surface area contributed by atoms with Crippen LogP contribution in [0.15, 0.2) is 6.07 Å². The van der Waals surface area contributed by atoms with Gasteiger partial charge in [-0.05, 0) is 32.4 Å². The topological polar surface area (TPSA) is 35.5 Å². The lowest BCUT2D eigenvalue weighted by molar-refractivity contribution is 0.148. The summed E-state index contributed by atoms with van der Waals surface area (Å²) in [6, 6.07) is 2.62. The number of hydrogen-bond acceptors (Lipinski definition) is 4. The Morgan fingerprint density at radius 2 is 2.37 bits per heavy atom. The van der Waals surface area contributed by atoms with Crippen molar-refractivity contribution in [1.29, 1.82) is 0 Å². The van der Waals surface area contributed by atoms with Crippen LogP contribution in [0.5, 0.6) is 0 Å².